The summed E-state index contributed by atoms with van der Waals surface area (Å²) in [6.45, 7) is 16.2. The molecule has 0 aliphatic heterocycles. The fourth-order valence-electron chi connectivity index (χ4n) is 10.2. The van der Waals surface area contributed by atoms with Crippen LogP contribution in [0.15, 0.2) is 48.6 Å². The summed E-state index contributed by atoms with van der Waals surface area (Å²) >= 11 is 0. The Morgan fingerprint density at radius 1 is 0.864 bits per heavy atom. The summed E-state index contributed by atoms with van der Waals surface area (Å²) in [6.07, 6.45) is 0.113. The molecule has 0 N–H and O–H groups in total. The van der Waals surface area contributed by atoms with E-state index < -0.39 is 81.8 Å². The van der Waals surface area contributed by atoms with Crippen molar-refractivity contribution in [3.05, 3.63) is 54.1 Å². The molecule has 4 aliphatic rings. The van der Waals surface area contributed by atoms with Crippen LogP contribution in [0.3, 0.4) is 0 Å². The quantitative estimate of drug-likeness (QED) is 0.190. The normalized spacial score (nSPS) is 38.4. The number of hydrogen-bond acceptors (Lipinski definition) is 9. The van der Waals surface area contributed by atoms with Crippen molar-refractivity contribution in [3.8, 4) is 0 Å². The third kappa shape index (κ3) is 4.07. The number of benzene rings is 1. The van der Waals surface area contributed by atoms with Crippen molar-refractivity contribution in [2.75, 3.05) is 0 Å². The Bertz CT molecular complexity index is 1440. The average Bonchev–Trinajstić information content (AvgIpc) is 3.18. The van der Waals surface area contributed by atoms with Crippen LogP contribution in [0.4, 0.5) is 0 Å². The number of hydrogen-bond donors (Lipinski definition) is 0. The number of carbonyl (C=O) groups is 5. The molecule has 5 rings (SSSR count). The zero-order chi connectivity index (χ0) is 32.4. The molecule has 2 bridgehead atoms. The van der Waals surface area contributed by atoms with E-state index in [-0.39, 0.29) is 12.2 Å². The molecular formula is C35H42O9. The van der Waals surface area contributed by atoms with Gasteiger partial charge in [-0.25, -0.2) is 4.79 Å². The van der Waals surface area contributed by atoms with Gasteiger partial charge in [-0.15, -0.1) is 0 Å². The predicted molar refractivity (Wildman–Crippen MR) is 159 cm³/mol. The highest BCUT2D eigenvalue weighted by atomic mass is 16.6. The minimum absolute atomic E-state index is 0.0657. The predicted octanol–water partition coefficient (Wildman–Crippen LogP) is 5.01. The summed E-state index contributed by atoms with van der Waals surface area (Å²) in [6, 6.07) is 9.34. The zero-order valence-electron chi connectivity index (χ0n) is 26.5. The smallest absolute Gasteiger partial charge is 0.331 e. The molecule has 9 nitrogen and oxygen atoms in total. The van der Waals surface area contributed by atoms with Crippen molar-refractivity contribution in [3.63, 3.8) is 0 Å². The van der Waals surface area contributed by atoms with E-state index in [1.807, 2.05) is 58.0 Å². The summed E-state index contributed by atoms with van der Waals surface area (Å²) in [4.78, 5) is 65.4. The number of carbonyl (C=O) groups excluding carboxylic acids is 5. The van der Waals surface area contributed by atoms with Crippen LogP contribution in [0.5, 0.6) is 0 Å². The number of fused-ring (bicyclic) bond motifs is 1. The first-order valence-corrected chi connectivity index (χ1v) is 15.2. The standard InChI is InChI=1S/C35H42O9/c1-19-26(39)18-25-29(41-21(3)36)35-20(2)27(44-28(40)15-14-24-12-10-9-11-13-24)16-17-33(35,8)30(42-22(4)37)31(43-23(5)38)34(19,35)32(25,6)7/h9-15,19,25,27,29-31H,2,16-18H2,1,3-8H3/b15-14+/t19-,25+,27+,29-,30+,31+,33+,34+,35-/m1/s1. The van der Waals surface area contributed by atoms with Gasteiger partial charge in [0.15, 0.2) is 0 Å². The lowest BCUT2D eigenvalue weighted by molar-refractivity contribution is -0.194. The Labute approximate surface area is 258 Å². The van der Waals surface area contributed by atoms with E-state index in [0.29, 0.717) is 18.4 Å². The van der Waals surface area contributed by atoms with Gasteiger partial charge >= 0.3 is 23.9 Å². The first kappa shape index (κ1) is 31.7. The molecule has 2 spiro atoms. The number of esters is 4. The van der Waals surface area contributed by atoms with E-state index >= 15 is 0 Å². The van der Waals surface area contributed by atoms with Crippen molar-refractivity contribution in [2.24, 2.45) is 33.5 Å². The maximum Gasteiger partial charge on any atom is 0.331 e. The Balaban J connectivity index is 1.73. The number of rotatable bonds is 6. The van der Waals surface area contributed by atoms with Crippen LogP contribution in [0.1, 0.15) is 73.3 Å². The Morgan fingerprint density at radius 2 is 1.43 bits per heavy atom. The van der Waals surface area contributed by atoms with Crippen LogP contribution < -0.4 is 0 Å². The van der Waals surface area contributed by atoms with Crippen LogP contribution in [-0.4, -0.2) is 54.1 Å². The van der Waals surface area contributed by atoms with Gasteiger partial charge in [0.1, 0.15) is 30.2 Å². The Hall–Kier alpha value is -3.75. The van der Waals surface area contributed by atoms with E-state index in [1.165, 1.54) is 26.8 Å². The van der Waals surface area contributed by atoms with Crippen molar-refractivity contribution in [1.82, 2.24) is 0 Å². The van der Waals surface area contributed by atoms with E-state index in [2.05, 4.69) is 6.58 Å². The van der Waals surface area contributed by atoms with Gasteiger partial charge in [0.25, 0.3) is 0 Å². The highest BCUT2D eigenvalue weighted by Gasteiger charge is 2.92. The maximum absolute atomic E-state index is 13.9. The second-order valence-electron chi connectivity index (χ2n) is 13.6. The number of ketones is 1. The van der Waals surface area contributed by atoms with Gasteiger partial charge in [-0.2, -0.15) is 0 Å². The molecule has 4 fully saturated rings. The molecule has 1 aromatic rings. The molecule has 9 atom stereocenters. The molecular weight excluding hydrogens is 564 g/mol. The van der Waals surface area contributed by atoms with E-state index in [4.69, 9.17) is 18.9 Å². The average molecular weight is 607 g/mol. The molecule has 44 heavy (non-hydrogen) atoms. The maximum atomic E-state index is 13.9. The van der Waals surface area contributed by atoms with Gasteiger partial charge in [-0.1, -0.05) is 64.6 Å². The molecule has 4 aliphatic carbocycles. The van der Waals surface area contributed by atoms with Gasteiger partial charge in [-0.3, -0.25) is 19.2 Å². The van der Waals surface area contributed by atoms with Gasteiger partial charge in [-0.05, 0) is 35.5 Å². The van der Waals surface area contributed by atoms with Gasteiger partial charge in [0.2, 0.25) is 0 Å². The third-order valence-electron chi connectivity index (χ3n) is 11.4. The summed E-state index contributed by atoms with van der Waals surface area (Å²) < 4.78 is 24.5. The summed E-state index contributed by atoms with van der Waals surface area (Å²) in [7, 11) is 0. The van der Waals surface area contributed by atoms with Gasteiger partial charge in [0, 0.05) is 55.9 Å². The van der Waals surface area contributed by atoms with Crippen LogP contribution in [0.25, 0.3) is 6.08 Å². The largest absolute Gasteiger partial charge is 0.461 e. The van der Waals surface area contributed by atoms with Crippen molar-refractivity contribution in [1.29, 1.82) is 0 Å². The fraction of sp³-hybridized carbons (Fsp3) is 0.571. The second kappa shape index (κ2) is 10.7. The van der Waals surface area contributed by atoms with Crippen LogP contribution in [-0.2, 0) is 42.9 Å². The lowest BCUT2D eigenvalue weighted by Crippen LogP contribution is -2.63. The van der Waals surface area contributed by atoms with Crippen LogP contribution >= 0.6 is 0 Å². The van der Waals surface area contributed by atoms with Crippen LogP contribution in [0.2, 0.25) is 0 Å². The number of Topliss-reactive ketones (excluding diaryl/α,β-unsaturated/α-hetero) is 1. The first-order chi connectivity index (χ1) is 20.6. The number of ether oxygens (including phenoxy) is 4. The molecule has 0 radical (unpaired) electrons. The highest BCUT2D eigenvalue weighted by Crippen LogP contribution is 2.86. The SMILES string of the molecule is C=C1[C@@H](OC(=O)/C=C/c2ccccc2)CC[C@@]2(C)[C@@H](OC(C)=O)[C@H](OC(C)=O)[C@]34[C@H](C)C(=O)C[C@@H]([C@@H](OC(C)=O)[C@@]132)C4(C)C. The topological polar surface area (TPSA) is 122 Å². The summed E-state index contributed by atoms with van der Waals surface area (Å²) in [5, 5.41) is 0. The zero-order valence-corrected chi connectivity index (χ0v) is 26.5. The van der Waals surface area contributed by atoms with Crippen molar-refractivity contribution >= 4 is 35.7 Å². The van der Waals surface area contributed by atoms with Gasteiger partial charge < -0.3 is 18.9 Å². The van der Waals surface area contributed by atoms with E-state index in [9.17, 15) is 24.0 Å². The molecule has 4 saturated carbocycles. The van der Waals surface area contributed by atoms with Gasteiger partial charge in [0.05, 0.1) is 5.41 Å². The molecule has 0 unspecified atom stereocenters. The molecule has 1 aromatic carbocycles. The summed E-state index contributed by atoms with van der Waals surface area (Å²) in [5.41, 5.74) is -2.97. The lowest BCUT2D eigenvalue weighted by Gasteiger charge is -2.60. The first-order valence-electron chi connectivity index (χ1n) is 15.2. The fourth-order valence-corrected chi connectivity index (χ4v) is 10.2. The lowest BCUT2D eigenvalue weighted by atomic mass is 9.42. The minimum atomic E-state index is -1.27. The van der Waals surface area contributed by atoms with Crippen molar-refractivity contribution in [2.45, 2.75) is 92.1 Å². The minimum Gasteiger partial charge on any atom is -0.461 e. The molecule has 0 amide bonds. The Kier molecular flexibility index (Phi) is 7.70. The molecule has 236 valence electrons. The molecule has 0 saturated heterocycles. The molecule has 0 heterocycles. The van der Waals surface area contributed by atoms with Crippen molar-refractivity contribution < 1.29 is 42.9 Å². The molecule has 9 heteroatoms. The highest BCUT2D eigenvalue weighted by molar-refractivity contribution is 5.88. The summed E-state index contributed by atoms with van der Waals surface area (Å²) in [5.74, 6) is -3.51. The molecule has 0 aromatic heterocycles. The third-order valence-corrected chi connectivity index (χ3v) is 11.4. The van der Waals surface area contributed by atoms with E-state index in [0.717, 1.165) is 5.56 Å². The Morgan fingerprint density at radius 3 is 2.02 bits per heavy atom. The van der Waals surface area contributed by atoms with E-state index in [1.54, 1.807) is 6.08 Å². The monoisotopic (exact) mass is 606 g/mol. The second-order valence-corrected chi connectivity index (χ2v) is 13.6. The van der Waals surface area contributed by atoms with Crippen LogP contribution in [0, 0.1) is 33.5 Å².